The normalized spacial score (nSPS) is 28.8. The van der Waals surface area contributed by atoms with Crippen LogP contribution in [-0.4, -0.2) is 65.3 Å². The molecule has 0 bridgehead atoms. The van der Waals surface area contributed by atoms with E-state index in [1.165, 1.54) is 6.92 Å². The van der Waals surface area contributed by atoms with Crippen LogP contribution in [0, 0.1) is 0 Å². The van der Waals surface area contributed by atoms with Gasteiger partial charge >= 0.3 is 0 Å². The molecule has 2 rings (SSSR count). The summed E-state index contributed by atoms with van der Waals surface area (Å²) in [7, 11) is 1.62. The summed E-state index contributed by atoms with van der Waals surface area (Å²) in [5.74, 6) is 0.595. The van der Waals surface area contributed by atoms with E-state index in [1.807, 2.05) is 24.3 Å². The molecular formula is C18H28N2O5. The number of carbonyl (C=O) groups excluding carboxylic acids is 1. The van der Waals surface area contributed by atoms with E-state index in [1.54, 1.807) is 7.11 Å². The number of nitrogens with one attached hydrogen (secondary N) is 2. The molecule has 0 radical (unpaired) electrons. The third-order valence-corrected chi connectivity index (χ3v) is 4.87. The van der Waals surface area contributed by atoms with Gasteiger partial charge < -0.3 is 25.4 Å². The number of aliphatic hydroxyl groups excluding tert-OH is 3. The largest absolute Gasteiger partial charge is 0.497 e. The fourth-order valence-corrected chi connectivity index (χ4v) is 3.39. The molecule has 5 N–H and O–H groups in total. The molecular weight excluding hydrogens is 324 g/mol. The lowest BCUT2D eigenvalue weighted by Gasteiger charge is -2.34. The van der Waals surface area contributed by atoms with E-state index < -0.39 is 23.8 Å². The van der Waals surface area contributed by atoms with Crippen molar-refractivity contribution < 1.29 is 24.9 Å². The van der Waals surface area contributed by atoms with Crippen molar-refractivity contribution in [1.82, 2.24) is 10.6 Å². The number of aryl methyl sites for hydroxylation is 1. The van der Waals surface area contributed by atoms with Crippen LogP contribution in [0.3, 0.4) is 0 Å². The van der Waals surface area contributed by atoms with Gasteiger partial charge in [0, 0.05) is 13.5 Å². The topological polar surface area (TPSA) is 111 Å². The summed E-state index contributed by atoms with van der Waals surface area (Å²) in [6.07, 6.45) is -0.0401. The van der Waals surface area contributed by atoms with Gasteiger partial charge in [0.25, 0.3) is 0 Å². The van der Waals surface area contributed by atoms with Gasteiger partial charge in [-0.15, -0.1) is 0 Å². The molecule has 25 heavy (non-hydrogen) atoms. The van der Waals surface area contributed by atoms with Crippen LogP contribution in [0.2, 0.25) is 0 Å². The first-order valence-corrected chi connectivity index (χ1v) is 8.54. The maximum Gasteiger partial charge on any atom is 0.216 e. The average Bonchev–Trinajstić information content (AvgIpc) is 2.86. The Morgan fingerprint density at radius 1 is 1.32 bits per heavy atom. The van der Waals surface area contributed by atoms with Gasteiger partial charge in [-0.1, -0.05) is 12.1 Å². The van der Waals surface area contributed by atoms with Gasteiger partial charge in [-0.2, -0.15) is 0 Å². The van der Waals surface area contributed by atoms with Gasteiger partial charge in [0.05, 0.1) is 31.4 Å². The van der Waals surface area contributed by atoms with Gasteiger partial charge in [0.15, 0.2) is 0 Å². The van der Waals surface area contributed by atoms with E-state index in [-0.39, 0.29) is 19.1 Å². The quantitative estimate of drug-likeness (QED) is 0.435. The Hall–Kier alpha value is -1.67. The highest BCUT2D eigenvalue weighted by Crippen LogP contribution is 2.29. The Balaban J connectivity index is 2.02. The van der Waals surface area contributed by atoms with Crippen molar-refractivity contribution in [3.8, 4) is 5.75 Å². The minimum absolute atomic E-state index is 0.194. The molecule has 7 nitrogen and oxygen atoms in total. The average molecular weight is 352 g/mol. The van der Waals surface area contributed by atoms with Crippen LogP contribution < -0.4 is 15.4 Å². The predicted molar refractivity (Wildman–Crippen MR) is 93.4 cm³/mol. The van der Waals surface area contributed by atoms with Crippen molar-refractivity contribution in [2.24, 2.45) is 0 Å². The molecule has 0 unspecified atom stereocenters. The van der Waals surface area contributed by atoms with Gasteiger partial charge in [0.1, 0.15) is 11.9 Å². The first kappa shape index (κ1) is 19.7. The maximum atomic E-state index is 11.3. The molecule has 1 fully saturated rings. The molecule has 1 heterocycles. The Bertz CT molecular complexity index is 565. The summed E-state index contributed by atoms with van der Waals surface area (Å²) in [6, 6.07) is 7.17. The molecule has 1 aliphatic rings. The standard InChI is InChI=1S/C18H28N2O5/c1-12(22)19-11-18(17(24)16(23)15(10-21)20-18)9-3-4-13-5-7-14(25-2)8-6-13/h5-8,15-17,20-21,23-24H,3-4,9-11H2,1-2H3,(H,19,22)/t15-,16-,17+,18-/m1/s1. The van der Waals surface area contributed by atoms with Crippen LogP contribution in [-0.2, 0) is 11.2 Å². The molecule has 0 aliphatic carbocycles. The molecule has 7 heteroatoms. The zero-order valence-electron chi connectivity index (χ0n) is 14.7. The molecule has 140 valence electrons. The van der Waals surface area contributed by atoms with E-state index in [0.29, 0.717) is 6.42 Å². The summed E-state index contributed by atoms with van der Waals surface area (Å²) >= 11 is 0. The van der Waals surface area contributed by atoms with Crippen LogP contribution >= 0.6 is 0 Å². The van der Waals surface area contributed by atoms with Crippen molar-refractivity contribution in [2.75, 3.05) is 20.3 Å². The lowest BCUT2D eigenvalue weighted by Crippen LogP contribution is -2.57. The third kappa shape index (κ3) is 4.70. The molecule has 1 aromatic rings. The zero-order chi connectivity index (χ0) is 18.4. The van der Waals surface area contributed by atoms with E-state index in [9.17, 15) is 20.1 Å². The van der Waals surface area contributed by atoms with Crippen molar-refractivity contribution in [3.63, 3.8) is 0 Å². The Labute approximate surface area is 148 Å². The van der Waals surface area contributed by atoms with Gasteiger partial charge in [-0.25, -0.2) is 0 Å². The number of aliphatic hydroxyl groups is 3. The second kappa shape index (κ2) is 8.62. The van der Waals surface area contributed by atoms with E-state index >= 15 is 0 Å². The maximum absolute atomic E-state index is 11.3. The molecule has 1 amide bonds. The minimum atomic E-state index is -1.07. The Morgan fingerprint density at radius 2 is 2.00 bits per heavy atom. The van der Waals surface area contributed by atoms with Crippen molar-refractivity contribution in [1.29, 1.82) is 0 Å². The first-order valence-electron chi connectivity index (χ1n) is 8.54. The molecule has 1 aliphatic heterocycles. The summed E-state index contributed by atoms with van der Waals surface area (Å²) in [5, 5.41) is 35.9. The number of hydrogen-bond donors (Lipinski definition) is 5. The molecule has 4 atom stereocenters. The number of rotatable bonds is 8. The number of benzene rings is 1. The van der Waals surface area contributed by atoms with Gasteiger partial charge in [0.2, 0.25) is 5.91 Å². The van der Waals surface area contributed by atoms with Crippen molar-refractivity contribution in [3.05, 3.63) is 29.8 Å². The lowest BCUT2D eigenvalue weighted by atomic mass is 9.86. The zero-order valence-corrected chi connectivity index (χ0v) is 14.7. The minimum Gasteiger partial charge on any atom is -0.497 e. The molecule has 1 saturated heterocycles. The second-order valence-corrected chi connectivity index (χ2v) is 6.64. The molecule has 0 aromatic heterocycles. The van der Waals surface area contributed by atoms with E-state index in [0.717, 1.165) is 24.2 Å². The number of hydrogen-bond acceptors (Lipinski definition) is 6. The molecule has 0 spiro atoms. The molecule has 1 aromatic carbocycles. The molecule has 0 saturated carbocycles. The monoisotopic (exact) mass is 352 g/mol. The van der Waals surface area contributed by atoms with Crippen LogP contribution in [0.5, 0.6) is 5.75 Å². The van der Waals surface area contributed by atoms with Crippen molar-refractivity contribution in [2.45, 2.75) is 50.0 Å². The van der Waals surface area contributed by atoms with E-state index in [4.69, 9.17) is 4.74 Å². The Morgan fingerprint density at radius 3 is 2.52 bits per heavy atom. The van der Waals surface area contributed by atoms with Crippen LogP contribution in [0.4, 0.5) is 0 Å². The van der Waals surface area contributed by atoms with Crippen molar-refractivity contribution >= 4 is 5.91 Å². The number of carbonyl (C=O) groups is 1. The summed E-state index contributed by atoms with van der Waals surface area (Å²) in [5.41, 5.74) is 0.285. The van der Waals surface area contributed by atoms with Crippen LogP contribution in [0.1, 0.15) is 25.3 Å². The van der Waals surface area contributed by atoms with Crippen LogP contribution in [0.25, 0.3) is 0 Å². The first-order chi connectivity index (χ1) is 11.9. The SMILES string of the molecule is COc1ccc(CCC[C@]2(CNC(C)=O)N[C@H](CO)[C@@H](O)[C@@H]2O)cc1. The number of ether oxygens (including phenoxy) is 1. The smallest absolute Gasteiger partial charge is 0.216 e. The highest BCUT2D eigenvalue weighted by molar-refractivity contribution is 5.72. The summed E-state index contributed by atoms with van der Waals surface area (Å²) in [6.45, 7) is 1.32. The summed E-state index contributed by atoms with van der Waals surface area (Å²) in [4.78, 5) is 11.3. The van der Waals surface area contributed by atoms with Gasteiger partial charge in [-0.05, 0) is 37.0 Å². The Kier molecular flexibility index (Phi) is 6.78. The second-order valence-electron chi connectivity index (χ2n) is 6.64. The number of amides is 1. The fraction of sp³-hybridized carbons (Fsp3) is 0.611. The van der Waals surface area contributed by atoms with Crippen LogP contribution in [0.15, 0.2) is 24.3 Å². The summed E-state index contributed by atoms with van der Waals surface area (Å²) < 4.78 is 5.14. The highest BCUT2D eigenvalue weighted by atomic mass is 16.5. The number of methoxy groups -OCH3 is 1. The third-order valence-electron chi connectivity index (χ3n) is 4.87. The van der Waals surface area contributed by atoms with Gasteiger partial charge in [-0.3, -0.25) is 10.1 Å². The van der Waals surface area contributed by atoms with E-state index in [2.05, 4.69) is 10.6 Å². The lowest BCUT2D eigenvalue weighted by molar-refractivity contribution is -0.119. The fourth-order valence-electron chi connectivity index (χ4n) is 3.39. The highest BCUT2D eigenvalue weighted by Gasteiger charge is 2.51. The predicted octanol–water partition coefficient (Wildman–Crippen LogP) is -0.421.